The number of halogens is 6. The predicted octanol–water partition coefficient (Wildman–Crippen LogP) is 3.12. The van der Waals surface area contributed by atoms with E-state index in [0.717, 1.165) is 22.9 Å². The van der Waals surface area contributed by atoms with Gasteiger partial charge >= 0.3 is 12.4 Å². The Balaban J connectivity index is 1.70. The van der Waals surface area contributed by atoms with Crippen molar-refractivity contribution in [2.24, 2.45) is 5.92 Å². The van der Waals surface area contributed by atoms with Gasteiger partial charge in [-0.1, -0.05) is 0 Å². The number of hydrogen-bond acceptors (Lipinski definition) is 6. The Bertz CT molecular complexity index is 1310. The minimum absolute atomic E-state index is 0.0499. The lowest BCUT2D eigenvalue weighted by molar-refractivity contribution is -0.177. The van der Waals surface area contributed by atoms with Crippen LogP contribution in [0.3, 0.4) is 0 Å². The smallest absolute Gasteiger partial charge is 0.354 e. The lowest BCUT2D eigenvalue weighted by Crippen LogP contribution is -2.53. The minimum atomic E-state index is -4.60. The number of rotatable bonds is 4. The summed E-state index contributed by atoms with van der Waals surface area (Å²) in [5, 5.41) is 0. The summed E-state index contributed by atoms with van der Waals surface area (Å²) < 4.78 is 107. The van der Waals surface area contributed by atoms with Gasteiger partial charge in [0.15, 0.2) is 5.82 Å². The molecule has 0 amide bonds. The Morgan fingerprint density at radius 3 is 2.44 bits per heavy atom. The van der Waals surface area contributed by atoms with Crippen LogP contribution >= 0.6 is 0 Å². The Labute approximate surface area is 189 Å². The fraction of sp³-hybridized carbons (Fsp3) is 0.421. The molecular weight excluding hydrogens is 490 g/mol. The normalized spacial score (nSPS) is 20.1. The van der Waals surface area contributed by atoms with Crippen LogP contribution in [0.4, 0.5) is 32.2 Å². The molecule has 184 valence electrons. The van der Waals surface area contributed by atoms with Crippen molar-refractivity contribution in [2.45, 2.75) is 24.8 Å². The maximum absolute atomic E-state index is 13.5. The van der Waals surface area contributed by atoms with Crippen LogP contribution in [-0.2, 0) is 16.2 Å². The summed E-state index contributed by atoms with van der Waals surface area (Å²) in [5.74, 6) is -1.80. The van der Waals surface area contributed by atoms with Crippen molar-refractivity contribution in [1.82, 2.24) is 24.1 Å². The molecule has 3 aromatic rings. The number of piperidine rings is 1. The Morgan fingerprint density at radius 1 is 1.06 bits per heavy atom. The van der Waals surface area contributed by atoms with Gasteiger partial charge < -0.3 is 4.90 Å². The highest BCUT2D eigenvalue weighted by atomic mass is 32.2. The number of fused-ring (bicyclic) bond motifs is 1. The number of nitrogens with one attached hydrogen (secondary N) is 1. The fourth-order valence-electron chi connectivity index (χ4n) is 3.87. The minimum Gasteiger partial charge on any atom is -0.354 e. The highest BCUT2D eigenvalue weighted by Crippen LogP contribution is 2.35. The van der Waals surface area contributed by atoms with Crippen molar-refractivity contribution in [3.63, 3.8) is 0 Å². The first-order valence-electron chi connectivity index (χ1n) is 9.87. The molecule has 1 saturated heterocycles. The van der Waals surface area contributed by atoms with Crippen molar-refractivity contribution < 1.29 is 34.8 Å². The molecule has 2 atom stereocenters. The summed E-state index contributed by atoms with van der Waals surface area (Å²) in [6.45, 7) is -0.547. The third-order valence-corrected chi connectivity index (χ3v) is 6.08. The van der Waals surface area contributed by atoms with Gasteiger partial charge in [0.1, 0.15) is 17.2 Å². The summed E-state index contributed by atoms with van der Waals surface area (Å²) in [6, 6.07) is 2.39. The number of pyridine rings is 1. The fourth-order valence-corrected chi connectivity index (χ4v) is 4.65. The summed E-state index contributed by atoms with van der Waals surface area (Å²) >= 11 is 0. The lowest BCUT2D eigenvalue weighted by Gasteiger charge is -2.39. The van der Waals surface area contributed by atoms with Gasteiger partial charge in [-0.2, -0.15) is 26.3 Å². The number of sulfonamides is 1. The van der Waals surface area contributed by atoms with Crippen LogP contribution < -0.4 is 9.62 Å². The second-order valence-corrected chi connectivity index (χ2v) is 9.77. The molecule has 0 aromatic carbocycles. The predicted molar refractivity (Wildman–Crippen MR) is 109 cm³/mol. The number of anilines is 1. The van der Waals surface area contributed by atoms with Gasteiger partial charge in [-0.3, -0.25) is 4.40 Å². The molecule has 34 heavy (non-hydrogen) atoms. The van der Waals surface area contributed by atoms with E-state index < -0.39 is 52.9 Å². The van der Waals surface area contributed by atoms with E-state index >= 15 is 0 Å². The van der Waals surface area contributed by atoms with E-state index in [-0.39, 0.29) is 29.5 Å². The Hall–Kier alpha value is -2.94. The number of alkyl halides is 6. The third-order valence-electron chi connectivity index (χ3n) is 5.32. The van der Waals surface area contributed by atoms with Gasteiger partial charge in [0.25, 0.3) is 0 Å². The van der Waals surface area contributed by atoms with Gasteiger partial charge in [-0.05, 0) is 24.6 Å². The van der Waals surface area contributed by atoms with E-state index in [1.807, 2.05) is 0 Å². The molecule has 8 nitrogen and oxygen atoms in total. The first-order valence-corrected chi connectivity index (χ1v) is 11.8. The van der Waals surface area contributed by atoms with E-state index in [0.29, 0.717) is 0 Å². The van der Waals surface area contributed by atoms with Crippen LogP contribution in [0.15, 0.2) is 36.8 Å². The topological polar surface area (TPSA) is 92.5 Å². The summed E-state index contributed by atoms with van der Waals surface area (Å²) in [5.41, 5.74) is -0.614. The zero-order chi connectivity index (χ0) is 24.9. The molecule has 0 aliphatic carbocycles. The van der Waals surface area contributed by atoms with Crippen molar-refractivity contribution in [1.29, 1.82) is 0 Å². The summed E-state index contributed by atoms with van der Waals surface area (Å²) in [4.78, 5) is 13.6. The number of imidazole rings is 1. The van der Waals surface area contributed by atoms with Crippen LogP contribution in [0, 0.1) is 5.92 Å². The molecule has 2 unspecified atom stereocenters. The van der Waals surface area contributed by atoms with Crippen molar-refractivity contribution in [2.75, 3.05) is 24.2 Å². The van der Waals surface area contributed by atoms with Crippen LogP contribution in [-0.4, -0.2) is 59.3 Å². The molecule has 0 saturated carbocycles. The van der Waals surface area contributed by atoms with Gasteiger partial charge in [0, 0.05) is 31.5 Å². The van der Waals surface area contributed by atoms with Crippen molar-refractivity contribution in [3.8, 4) is 11.5 Å². The molecule has 1 fully saturated rings. The van der Waals surface area contributed by atoms with Gasteiger partial charge in [-0.15, -0.1) is 0 Å². The largest absolute Gasteiger partial charge is 0.417 e. The van der Waals surface area contributed by atoms with Crippen molar-refractivity contribution in [3.05, 3.63) is 42.4 Å². The SMILES string of the molecule is CS(=O)(=O)NC1CC(C(F)(F)F)CN(c2ccnc(-c3cnc4ccc(C(F)(F)F)cn34)n2)C1. The van der Waals surface area contributed by atoms with Gasteiger partial charge in [-0.25, -0.2) is 28.1 Å². The first-order chi connectivity index (χ1) is 15.7. The summed E-state index contributed by atoms with van der Waals surface area (Å²) in [6.07, 6.45) is -5.38. The molecule has 15 heteroatoms. The zero-order valence-electron chi connectivity index (χ0n) is 17.5. The number of hydrogen-bond donors (Lipinski definition) is 1. The van der Waals surface area contributed by atoms with Crippen LogP contribution in [0.25, 0.3) is 17.2 Å². The number of aromatic nitrogens is 4. The molecule has 3 aromatic heterocycles. The standard InChI is InChI=1S/C19H18F6N6O2S/c1-34(32,33)29-13-6-12(19(23,24)25)8-30(10-13)16-4-5-26-17(28-16)14-7-27-15-3-2-11(9-31(14)15)18(20,21)22/h2-5,7,9,12-13,29H,6,8,10H2,1H3. The van der Waals surface area contributed by atoms with Crippen molar-refractivity contribution >= 4 is 21.5 Å². The highest BCUT2D eigenvalue weighted by molar-refractivity contribution is 7.88. The van der Waals surface area contributed by atoms with E-state index in [4.69, 9.17) is 0 Å². The molecule has 1 N–H and O–H groups in total. The Morgan fingerprint density at radius 2 is 1.79 bits per heavy atom. The molecular formula is C19H18F6N6O2S. The van der Waals surface area contributed by atoms with E-state index in [9.17, 15) is 34.8 Å². The zero-order valence-corrected chi connectivity index (χ0v) is 18.3. The quantitative estimate of drug-likeness (QED) is 0.545. The third kappa shape index (κ3) is 5.24. The summed E-state index contributed by atoms with van der Waals surface area (Å²) in [7, 11) is -3.76. The second kappa shape index (κ2) is 8.37. The van der Waals surface area contributed by atoms with Gasteiger partial charge in [0.05, 0.1) is 23.9 Å². The molecule has 0 spiro atoms. The van der Waals surface area contributed by atoms with E-state index in [1.54, 1.807) is 0 Å². The first kappa shape index (κ1) is 24.2. The van der Waals surface area contributed by atoms with E-state index in [1.165, 1.54) is 29.4 Å². The van der Waals surface area contributed by atoms with Crippen LogP contribution in [0.5, 0.6) is 0 Å². The molecule has 4 rings (SSSR count). The van der Waals surface area contributed by atoms with Gasteiger partial charge in [0.2, 0.25) is 10.0 Å². The Kier molecular flexibility index (Phi) is 5.96. The molecule has 1 aliphatic heterocycles. The molecule has 0 radical (unpaired) electrons. The monoisotopic (exact) mass is 508 g/mol. The van der Waals surface area contributed by atoms with E-state index in [2.05, 4.69) is 19.7 Å². The second-order valence-electron chi connectivity index (χ2n) is 7.99. The van der Waals surface area contributed by atoms with Crippen LogP contribution in [0.1, 0.15) is 12.0 Å². The van der Waals surface area contributed by atoms with Crippen LogP contribution in [0.2, 0.25) is 0 Å². The maximum Gasteiger partial charge on any atom is 0.417 e. The molecule has 4 heterocycles. The lowest BCUT2D eigenvalue weighted by atomic mass is 9.94. The molecule has 1 aliphatic rings. The maximum atomic E-state index is 13.5. The highest BCUT2D eigenvalue weighted by Gasteiger charge is 2.45. The average molecular weight is 508 g/mol. The number of nitrogens with zero attached hydrogens (tertiary/aromatic N) is 5. The average Bonchev–Trinajstić information content (AvgIpc) is 3.14. The molecule has 0 bridgehead atoms.